The Morgan fingerprint density at radius 3 is 2.58 bits per heavy atom. The molecule has 1 aromatic rings. The van der Waals surface area contributed by atoms with Gasteiger partial charge in [-0.2, -0.15) is 0 Å². The molecule has 1 saturated heterocycles. The first kappa shape index (κ1) is 14.4. The van der Waals surface area contributed by atoms with E-state index in [9.17, 15) is 9.50 Å². The van der Waals surface area contributed by atoms with Crippen molar-refractivity contribution in [2.45, 2.75) is 39.0 Å². The number of aliphatic hydroxyl groups excluding tert-OH is 1. The molecule has 0 aliphatic carbocycles. The molecule has 1 fully saturated rings. The minimum atomic E-state index is -1.10. The first-order valence-corrected chi connectivity index (χ1v) is 6.69. The van der Waals surface area contributed by atoms with Crippen LogP contribution in [0, 0.1) is 11.8 Å². The fourth-order valence-electron chi connectivity index (χ4n) is 2.26. The molecule has 2 rings (SSSR count). The maximum atomic E-state index is 14.1. The first-order chi connectivity index (χ1) is 9.09. The molecule has 1 N–H and O–H groups in total. The number of hydrogen-bond acceptors (Lipinski definition) is 3. The molecule has 3 nitrogen and oxygen atoms in total. The van der Waals surface area contributed by atoms with Crippen molar-refractivity contribution in [3.8, 4) is 0 Å². The zero-order chi connectivity index (χ0) is 13.8. The molecule has 0 bridgehead atoms. The maximum Gasteiger partial charge on any atom is 0.158 e. The Morgan fingerprint density at radius 2 is 1.89 bits per heavy atom. The first-order valence-electron chi connectivity index (χ1n) is 6.69. The minimum absolute atomic E-state index is 0.157. The van der Waals surface area contributed by atoms with Gasteiger partial charge in [0.15, 0.2) is 6.29 Å². The summed E-state index contributed by atoms with van der Waals surface area (Å²) in [5.41, 5.74) is 1.04. The van der Waals surface area contributed by atoms with Crippen molar-refractivity contribution in [1.29, 1.82) is 0 Å². The Labute approximate surface area is 113 Å². The quantitative estimate of drug-likeness (QED) is 0.912. The highest BCUT2D eigenvalue weighted by Crippen LogP contribution is 2.31. The van der Waals surface area contributed by atoms with Crippen LogP contribution in [-0.2, 0) is 16.1 Å². The Kier molecular flexibility index (Phi) is 4.91. The van der Waals surface area contributed by atoms with Crippen LogP contribution in [0.25, 0.3) is 0 Å². The van der Waals surface area contributed by atoms with Gasteiger partial charge in [0.25, 0.3) is 0 Å². The lowest BCUT2D eigenvalue weighted by molar-refractivity contribution is -0.240. The summed E-state index contributed by atoms with van der Waals surface area (Å²) in [5, 5.41) is 9.71. The number of aliphatic hydroxyl groups is 1. The lowest BCUT2D eigenvalue weighted by atomic mass is 9.86. The summed E-state index contributed by atoms with van der Waals surface area (Å²) < 4.78 is 24.8. The molecule has 0 saturated carbocycles. The standard InChI is InChI=1S/C15H21FO3/c1-10-11(2)15(17)19-13(14(10)16)9-18-8-12-6-4-3-5-7-12/h3-7,10-11,13-15,17H,8-9H2,1-2H3/t10-,11?,13?,14+,15?/m1/s1. The van der Waals surface area contributed by atoms with Crippen molar-refractivity contribution in [3.63, 3.8) is 0 Å². The summed E-state index contributed by atoms with van der Waals surface area (Å²) in [6.45, 7) is 4.17. The van der Waals surface area contributed by atoms with Gasteiger partial charge < -0.3 is 14.6 Å². The van der Waals surface area contributed by atoms with Gasteiger partial charge in [0, 0.05) is 5.92 Å². The van der Waals surface area contributed by atoms with Crippen molar-refractivity contribution >= 4 is 0 Å². The number of ether oxygens (including phenoxy) is 2. The number of halogens is 1. The second kappa shape index (κ2) is 6.46. The van der Waals surface area contributed by atoms with Gasteiger partial charge in [0.1, 0.15) is 12.3 Å². The molecule has 5 atom stereocenters. The molecular formula is C15H21FO3. The van der Waals surface area contributed by atoms with Crippen molar-refractivity contribution in [2.24, 2.45) is 11.8 Å². The number of alkyl halides is 1. The summed E-state index contributed by atoms with van der Waals surface area (Å²) >= 11 is 0. The van der Waals surface area contributed by atoms with Crippen LogP contribution in [0.15, 0.2) is 30.3 Å². The van der Waals surface area contributed by atoms with E-state index in [2.05, 4.69) is 0 Å². The topological polar surface area (TPSA) is 38.7 Å². The van der Waals surface area contributed by atoms with Crippen molar-refractivity contribution < 1.29 is 19.0 Å². The lowest BCUT2D eigenvalue weighted by Gasteiger charge is -2.38. The van der Waals surface area contributed by atoms with Crippen LogP contribution in [0.1, 0.15) is 19.4 Å². The van der Waals surface area contributed by atoms with Gasteiger partial charge in [-0.05, 0) is 11.5 Å². The second-order valence-electron chi connectivity index (χ2n) is 5.23. The van der Waals surface area contributed by atoms with Gasteiger partial charge in [0.05, 0.1) is 13.2 Å². The zero-order valence-corrected chi connectivity index (χ0v) is 11.3. The summed E-state index contributed by atoms with van der Waals surface area (Å²) in [5.74, 6) is -0.422. The number of benzene rings is 1. The van der Waals surface area contributed by atoms with Crippen molar-refractivity contribution in [3.05, 3.63) is 35.9 Å². The average Bonchev–Trinajstić information content (AvgIpc) is 2.43. The fraction of sp³-hybridized carbons (Fsp3) is 0.600. The molecule has 0 spiro atoms. The molecule has 3 unspecified atom stereocenters. The van der Waals surface area contributed by atoms with E-state index in [1.54, 1.807) is 13.8 Å². The van der Waals surface area contributed by atoms with E-state index in [1.165, 1.54) is 0 Å². The maximum absolute atomic E-state index is 14.1. The molecule has 19 heavy (non-hydrogen) atoms. The SMILES string of the molecule is CC1C(O)OC(COCc2ccccc2)[C@@H](F)[C@@H]1C. The zero-order valence-electron chi connectivity index (χ0n) is 11.3. The highest BCUT2D eigenvalue weighted by molar-refractivity contribution is 5.13. The normalized spacial score (nSPS) is 35.3. The molecule has 0 aromatic heterocycles. The largest absolute Gasteiger partial charge is 0.374 e. The van der Waals surface area contributed by atoms with Crippen LogP contribution in [0.4, 0.5) is 4.39 Å². The minimum Gasteiger partial charge on any atom is -0.374 e. The summed E-state index contributed by atoms with van der Waals surface area (Å²) in [4.78, 5) is 0. The highest BCUT2D eigenvalue weighted by Gasteiger charge is 2.41. The molecule has 1 aliphatic heterocycles. The molecule has 0 amide bonds. The summed E-state index contributed by atoms with van der Waals surface area (Å²) in [6, 6.07) is 9.70. The third-order valence-electron chi connectivity index (χ3n) is 3.84. The monoisotopic (exact) mass is 268 g/mol. The summed E-state index contributed by atoms with van der Waals surface area (Å²) in [7, 11) is 0. The Morgan fingerprint density at radius 1 is 1.21 bits per heavy atom. The fourth-order valence-corrected chi connectivity index (χ4v) is 2.26. The highest BCUT2D eigenvalue weighted by atomic mass is 19.1. The number of hydrogen-bond donors (Lipinski definition) is 1. The van der Waals surface area contributed by atoms with Crippen LogP contribution in [0.2, 0.25) is 0 Å². The number of rotatable bonds is 4. The van der Waals surface area contributed by atoms with Gasteiger partial charge in [-0.15, -0.1) is 0 Å². The lowest BCUT2D eigenvalue weighted by Crippen LogP contribution is -2.49. The van der Waals surface area contributed by atoms with Crippen LogP contribution < -0.4 is 0 Å². The molecule has 0 radical (unpaired) electrons. The van der Waals surface area contributed by atoms with E-state index < -0.39 is 18.6 Å². The van der Waals surface area contributed by atoms with E-state index in [1.807, 2.05) is 30.3 Å². The van der Waals surface area contributed by atoms with E-state index >= 15 is 0 Å². The third kappa shape index (κ3) is 3.53. The smallest absolute Gasteiger partial charge is 0.158 e. The predicted molar refractivity (Wildman–Crippen MR) is 70.2 cm³/mol. The van der Waals surface area contributed by atoms with E-state index in [4.69, 9.17) is 9.47 Å². The van der Waals surface area contributed by atoms with E-state index in [0.717, 1.165) is 5.56 Å². The molecular weight excluding hydrogens is 247 g/mol. The molecule has 106 valence electrons. The van der Waals surface area contributed by atoms with Crippen LogP contribution in [0.5, 0.6) is 0 Å². The van der Waals surface area contributed by atoms with Gasteiger partial charge in [-0.1, -0.05) is 44.2 Å². The van der Waals surface area contributed by atoms with Crippen molar-refractivity contribution in [1.82, 2.24) is 0 Å². The van der Waals surface area contributed by atoms with Gasteiger partial charge >= 0.3 is 0 Å². The molecule has 1 aromatic carbocycles. The Hall–Kier alpha value is -0.970. The van der Waals surface area contributed by atoms with Gasteiger partial charge in [0.2, 0.25) is 0 Å². The summed E-state index contributed by atoms with van der Waals surface area (Å²) in [6.07, 6.45) is -2.70. The molecule has 1 aliphatic rings. The predicted octanol–water partition coefficient (Wildman–Crippen LogP) is 2.53. The van der Waals surface area contributed by atoms with Crippen LogP contribution in [-0.4, -0.2) is 30.3 Å². The van der Waals surface area contributed by atoms with Crippen molar-refractivity contribution in [2.75, 3.05) is 6.61 Å². The average molecular weight is 268 g/mol. The van der Waals surface area contributed by atoms with Crippen LogP contribution in [0.3, 0.4) is 0 Å². The van der Waals surface area contributed by atoms with Gasteiger partial charge in [-0.25, -0.2) is 4.39 Å². The van der Waals surface area contributed by atoms with E-state index in [-0.39, 0.29) is 18.4 Å². The Bertz CT molecular complexity index is 384. The third-order valence-corrected chi connectivity index (χ3v) is 3.84. The van der Waals surface area contributed by atoms with Gasteiger partial charge in [-0.3, -0.25) is 0 Å². The second-order valence-corrected chi connectivity index (χ2v) is 5.23. The van der Waals surface area contributed by atoms with Crippen LogP contribution >= 0.6 is 0 Å². The Balaban J connectivity index is 1.82. The molecule has 1 heterocycles. The molecule has 4 heteroatoms. The van der Waals surface area contributed by atoms with E-state index in [0.29, 0.717) is 6.61 Å².